The van der Waals surface area contributed by atoms with Crippen LogP contribution in [0.15, 0.2) is 78.0 Å². The summed E-state index contributed by atoms with van der Waals surface area (Å²) in [6, 6.07) is 22.9. The van der Waals surface area contributed by atoms with Gasteiger partial charge in [-0.05, 0) is 66.8 Å². The van der Waals surface area contributed by atoms with Gasteiger partial charge in [-0.2, -0.15) is 0 Å². The molecule has 1 heterocycles. The number of anilines is 1. The summed E-state index contributed by atoms with van der Waals surface area (Å²) in [5.74, 6) is 1.40. The van der Waals surface area contributed by atoms with Crippen LogP contribution in [0.2, 0.25) is 0 Å². The average molecular weight is 559 g/mol. The number of carbonyl (C=O) groups excluding carboxylic acids is 2. The molecule has 1 N–H and O–H groups in total. The lowest BCUT2D eigenvalue weighted by Crippen LogP contribution is -2.15. The van der Waals surface area contributed by atoms with Gasteiger partial charge in [-0.1, -0.05) is 68.1 Å². The minimum absolute atomic E-state index is 0.142. The fourth-order valence-electron chi connectivity index (χ4n) is 4.07. The zero-order valence-electron chi connectivity index (χ0n) is 23.2. The molecule has 9 heteroatoms. The third-order valence-electron chi connectivity index (χ3n) is 6.14. The van der Waals surface area contributed by atoms with Crippen molar-refractivity contribution in [3.8, 4) is 5.75 Å². The molecule has 0 fully saturated rings. The van der Waals surface area contributed by atoms with Crippen LogP contribution in [-0.2, 0) is 22.7 Å². The third-order valence-corrected chi connectivity index (χ3v) is 7.10. The van der Waals surface area contributed by atoms with Crippen molar-refractivity contribution in [1.29, 1.82) is 0 Å². The van der Waals surface area contributed by atoms with Gasteiger partial charge in [-0.3, -0.25) is 9.36 Å². The molecule has 40 heavy (non-hydrogen) atoms. The molecule has 0 saturated heterocycles. The van der Waals surface area contributed by atoms with Crippen LogP contribution in [0.4, 0.5) is 5.69 Å². The predicted molar refractivity (Wildman–Crippen MR) is 157 cm³/mol. The summed E-state index contributed by atoms with van der Waals surface area (Å²) in [6.07, 6.45) is 0. The topological polar surface area (TPSA) is 95.3 Å². The van der Waals surface area contributed by atoms with Crippen LogP contribution in [0.3, 0.4) is 0 Å². The van der Waals surface area contributed by atoms with E-state index >= 15 is 0 Å². The zero-order chi connectivity index (χ0) is 28.5. The first-order chi connectivity index (χ1) is 19.3. The fraction of sp³-hybridized carbons (Fsp3) is 0.290. The van der Waals surface area contributed by atoms with E-state index in [1.165, 1.54) is 11.8 Å². The molecule has 208 valence electrons. The van der Waals surface area contributed by atoms with Gasteiger partial charge in [0.05, 0.1) is 24.5 Å². The van der Waals surface area contributed by atoms with Crippen molar-refractivity contribution in [3.63, 3.8) is 0 Å². The summed E-state index contributed by atoms with van der Waals surface area (Å²) < 4.78 is 13.3. The van der Waals surface area contributed by atoms with E-state index in [2.05, 4.69) is 41.5 Å². The number of aromatic nitrogens is 3. The molecule has 0 saturated carbocycles. The summed E-state index contributed by atoms with van der Waals surface area (Å²) in [5, 5.41) is 12.3. The van der Waals surface area contributed by atoms with E-state index < -0.39 is 5.97 Å². The summed E-state index contributed by atoms with van der Waals surface area (Å²) in [6.45, 7) is 9.20. The Balaban J connectivity index is 1.46. The number of rotatable bonds is 12. The number of esters is 1. The van der Waals surface area contributed by atoms with E-state index in [0.29, 0.717) is 41.3 Å². The minimum atomic E-state index is -0.392. The van der Waals surface area contributed by atoms with E-state index in [1.54, 1.807) is 31.2 Å². The number of nitrogens with zero attached hydrogens (tertiary/aromatic N) is 3. The molecular weight excluding hydrogens is 524 g/mol. The lowest BCUT2D eigenvalue weighted by molar-refractivity contribution is -0.113. The normalized spacial score (nSPS) is 10.9. The summed E-state index contributed by atoms with van der Waals surface area (Å²) in [7, 11) is 0. The maximum atomic E-state index is 12.7. The van der Waals surface area contributed by atoms with E-state index in [0.717, 1.165) is 22.4 Å². The van der Waals surface area contributed by atoms with Crippen molar-refractivity contribution in [2.75, 3.05) is 17.7 Å². The van der Waals surface area contributed by atoms with E-state index in [9.17, 15) is 9.59 Å². The maximum absolute atomic E-state index is 12.7. The quantitative estimate of drug-likeness (QED) is 0.162. The second-order valence-corrected chi connectivity index (χ2v) is 10.5. The van der Waals surface area contributed by atoms with Crippen LogP contribution in [0, 0.1) is 6.92 Å². The second kappa shape index (κ2) is 13.8. The Morgan fingerprint density at radius 3 is 2.45 bits per heavy atom. The highest BCUT2D eigenvalue weighted by Gasteiger charge is 2.17. The maximum Gasteiger partial charge on any atom is 0.338 e. The van der Waals surface area contributed by atoms with E-state index in [-0.39, 0.29) is 18.3 Å². The SMILES string of the molecule is CCOC(=O)c1ccc(NC(=O)CSc2nnc(COc3cc(C)ccc3C(C)C)n2Cc2ccccc2)cc1. The van der Waals surface area contributed by atoms with Crippen LogP contribution >= 0.6 is 11.8 Å². The zero-order valence-corrected chi connectivity index (χ0v) is 24.0. The van der Waals surface area contributed by atoms with Crippen molar-refractivity contribution in [1.82, 2.24) is 14.8 Å². The molecular formula is C31H34N4O4S. The predicted octanol–water partition coefficient (Wildman–Crippen LogP) is 6.24. The number of carbonyl (C=O) groups is 2. The fourth-order valence-corrected chi connectivity index (χ4v) is 4.83. The lowest BCUT2D eigenvalue weighted by atomic mass is 10.0. The summed E-state index contributed by atoms with van der Waals surface area (Å²) in [5.41, 5.74) is 4.39. The Morgan fingerprint density at radius 2 is 1.75 bits per heavy atom. The van der Waals surface area contributed by atoms with Gasteiger partial charge >= 0.3 is 5.97 Å². The Hall–Kier alpha value is -4.11. The molecule has 0 atom stereocenters. The van der Waals surface area contributed by atoms with Gasteiger partial charge in [-0.25, -0.2) is 4.79 Å². The third kappa shape index (κ3) is 7.72. The molecule has 0 unspecified atom stereocenters. The number of hydrogen-bond acceptors (Lipinski definition) is 7. The van der Waals surface area contributed by atoms with Crippen LogP contribution in [0.1, 0.15) is 59.6 Å². The molecule has 4 rings (SSSR count). The van der Waals surface area contributed by atoms with Crippen LogP contribution in [0.5, 0.6) is 5.75 Å². The molecule has 0 aliphatic carbocycles. The average Bonchev–Trinajstić information content (AvgIpc) is 3.32. The summed E-state index contributed by atoms with van der Waals surface area (Å²) in [4.78, 5) is 24.6. The molecule has 1 amide bonds. The monoisotopic (exact) mass is 558 g/mol. The highest BCUT2D eigenvalue weighted by molar-refractivity contribution is 7.99. The number of benzene rings is 3. The van der Waals surface area contributed by atoms with Crippen LogP contribution in [0.25, 0.3) is 0 Å². The van der Waals surface area contributed by atoms with Gasteiger partial charge in [0, 0.05) is 5.69 Å². The Labute approximate surface area is 239 Å². The Bertz CT molecular complexity index is 1440. The second-order valence-electron chi connectivity index (χ2n) is 9.59. The van der Waals surface area contributed by atoms with Gasteiger partial charge in [0.15, 0.2) is 11.0 Å². The number of aryl methyl sites for hydroxylation is 1. The van der Waals surface area contributed by atoms with Gasteiger partial charge in [0.2, 0.25) is 5.91 Å². The van der Waals surface area contributed by atoms with Crippen molar-refractivity contribution in [2.24, 2.45) is 0 Å². The molecule has 1 aromatic heterocycles. The molecule has 4 aromatic rings. The Morgan fingerprint density at radius 1 is 1.00 bits per heavy atom. The van der Waals surface area contributed by atoms with Crippen molar-refractivity contribution in [2.45, 2.75) is 51.9 Å². The number of nitrogens with one attached hydrogen (secondary N) is 1. The number of hydrogen-bond donors (Lipinski definition) is 1. The lowest BCUT2D eigenvalue weighted by Gasteiger charge is -2.15. The van der Waals surface area contributed by atoms with Gasteiger partial charge < -0.3 is 14.8 Å². The van der Waals surface area contributed by atoms with E-state index in [4.69, 9.17) is 9.47 Å². The molecule has 0 aliphatic rings. The highest BCUT2D eigenvalue weighted by Crippen LogP contribution is 2.28. The molecule has 0 bridgehead atoms. The van der Waals surface area contributed by atoms with Crippen LogP contribution in [-0.4, -0.2) is 39.0 Å². The van der Waals surface area contributed by atoms with Crippen molar-refractivity contribution in [3.05, 3.63) is 101 Å². The molecule has 0 spiro atoms. The largest absolute Gasteiger partial charge is 0.485 e. The molecule has 0 aliphatic heterocycles. The first-order valence-corrected chi connectivity index (χ1v) is 14.2. The van der Waals surface area contributed by atoms with Crippen LogP contribution < -0.4 is 10.1 Å². The Kier molecular flexibility index (Phi) is 9.96. The standard InChI is InChI=1S/C31H34N4O4S/c1-5-38-30(37)24-12-14-25(15-13-24)32-29(36)20-40-31-34-33-28(35(31)18-23-9-7-6-8-10-23)19-39-27-17-22(4)11-16-26(27)21(2)3/h6-17,21H,5,18-20H2,1-4H3,(H,32,36). The first-order valence-electron chi connectivity index (χ1n) is 13.2. The van der Waals surface area contributed by atoms with Crippen molar-refractivity contribution < 1.29 is 19.1 Å². The first kappa shape index (κ1) is 28.9. The number of thioether (sulfide) groups is 1. The van der Waals surface area contributed by atoms with Gasteiger partial charge in [-0.15, -0.1) is 10.2 Å². The number of ether oxygens (including phenoxy) is 2. The smallest absolute Gasteiger partial charge is 0.338 e. The highest BCUT2D eigenvalue weighted by atomic mass is 32.2. The molecule has 3 aromatic carbocycles. The summed E-state index contributed by atoms with van der Waals surface area (Å²) >= 11 is 1.31. The molecule has 0 radical (unpaired) electrons. The van der Waals surface area contributed by atoms with Gasteiger partial charge in [0.25, 0.3) is 0 Å². The number of amides is 1. The van der Waals surface area contributed by atoms with Gasteiger partial charge in [0.1, 0.15) is 12.4 Å². The van der Waals surface area contributed by atoms with E-state index in [1.807, 2.05) is 47.9 Å². The molecule has 8 nitrogen and oxygen atoms in total. The minimum Gasteiger partial charge on any atom is -0.485 e. The van der Waals surface area contributed by atoms with Crippen molar-refractivity contribution >= 4 is 29.3 Å².